The van der Waals surface area contributed by atoms with Crippen LogP contribution in [0.5, 0.6) is 0 Å². The largest absolute Gasteiger partial charge is 0.380 e. The van der Waals surface area contributed by atoms with Crippen molar-refractivity contribution in [2.45, 2.75) is 31.7 Å². The maximum atomic E-state index is 13.5. The van der Waals surface area contributed by atoms with Crippen LogP contribution in [0.2, 0.25) is 0 Å². The minimum absolute atomic E-state index is 0.121. The van der Waals surface area contributed by atoms with Crippen molar-refractivity contribution in [1.29, 1.82) is 0 Å². The summed E-state index contributed by atoms with van der Waals surface area (Å²) >= 11 is 0. The van der Waals surface area contributed by atoms with Gasteiger partial charge in [-0.15, -0.1) is 0 Å². The molecular formula is C14H15FN4O. The van der Waals surface area contributed by atoms with Gasteiger partial charge in [0.25, 0.3) is 5.56 Å². The smallest absolute Gasteiger partial charge is 0.251 e. The minimum atomic E-state index is -0.346. The second-order valence-electron chi connectivity index (χ2n) is 5.12. The predicted molar refractivity (Wildman–Crippen MR) is 73.2 cm³/mol. The van der Waals surface area contributed by atoms with Gasteiger partial charge in [-0.25, -0.2) is 9.37 Å². The second kappa shape index (κ2) is 5.03. The summed E-state index contributed by atoms with van der Waals surface area (Å²) in [6.45, 7) is 1.77. The summed E-state index contributed by atoms with van der Waals surface area (Å²) in [5, 5.41) is 3.15. The van der Waals surface area contributed by atoms with Crippen molar-refractivity contribution in [3.05, 3.63) is 52.2 Å². The molecule has 2 aromatic rings. The molecule has 1 fully saturated rings. The molecule has 0 atom stereocenters. The van der Waals surface area contributed by atoms with Gasteiger partial charge in [0, 0.05) is 24.2 Å². The molecule has 104 valence electrons. The number of aromatic amines is 1. The molecule has 0 saturated heterocycles. The predicted octanol–water partition coefficient (Wildman–Crippen LogP) is 1.97. The van der Waals surface area contributed by atoms with Gasteiger partial charge in [0.05, 0.1) is 17.6 Å². The average Bonchev–Trinajstić information content (AvgIpc) is 2.34. The number of rotatable bonds is 3. The highest BCUT2D eigenvalue weighted by Gasteiger charge is 2.32. The third kappa shape index (κ3) is 2.54. The van der Waals surface area contributed by atoms with Crippen LogP contribution >= 0.6 is 0 Å². The van der Waals surface area contributed by atoms with Crippen molar-refractivity contribution in [1.82, 2.24) is 15.0 Å². The van der Waals surface area contributed by atoms with Crippen LogP contribution in [0, 0.1) is 12.7 Å². The van der Waals surface area contributed by atoms with E-state index in [2.05, 4.69) is 20.3 Å². The summed E-state index contributed by atoms with van der Waals surface area (Å²) in [5.74, 6) is 0.545. The lowest BCUT2D eigenvalue weighted by molar-refractivity contribution is 0.365. The number of H-pyrrole nitrogens is 1. The molecule has 0 aliphatic heterocycles. The van der Waals surface area contributed by atoms with Gasteiger partial charge in [-0.2, -0.15) is 0 Å². The Morgan fingerprint density at radius 3 is 2.95 bits per heavy atom. The van der Waals surface area contributed by atoms with Crippen molar-refractivity contribution in [2.24, 2.45) is 0 Å². The van der Waals surface area contributed by atoms with Crippen LogP contribution < -0.4 is 10.9 Å². The molecule has 0 unspecified atom stereocenters. The Labute approximate surface area is 115 Å². The van der Waals surface area contributed by atoms with Gasteiger partial charge in [0.2, 0.25) is 0 Å². The van der Waals surface area contributed by atoms with Crippen LogP contribution in [0.3, 0.4) is 0 Å². The Hall–Kier alpha value is -2.24. The first kappa shape index (κ1) is 12.8. The lowest BCUT2D eigenvalue weighted by Gasteiger charge is -2.36. The molecule has 0 radical (unpaired) electrons. The zero-order valence-corrected chi connectivity index (χ0v) is 11.1. The zero-order valence-electron chi connectivity index (χ0n) is 11.1. The second-order valence-corrected chi connectivity index (χ2v) is 5.12. The van der Waals surface area contributed by atoms with Crippen LogP contribution in [0.15, 0.2) is 29.3 Å². The van der Waals surface area contributed by atoms with Gasteiger partial charge in [-0.1, -0.05) is 0 Å². The molecule has 1 aliphatic carbocycles. The average molecular weight is 274 g/mol. The monoisotopic (exact) mass is 274 g/mol. The van der Waals surface area contributed by atoms with Gasteiger partial charge in [-0.3, -0.25) is 9.78 Å². The van der Waals surface area contributed by atoms with Crippen molar-refractivity contribution >= 4 is 5.69 Å². The molecule has 20 heavy (non-hydrogen) atoms. The maximum absolute atomic E-state index is 13.5. The summed E-state index contributed by atoms with van der Waals surface area (Å²) < 4.78 is 13.5. The first-order valence-electron chi connectivity index (χ1n) is 6.56. The third-order valence-corrected chi connectivity index (χ3v) is 3.57. The van der Waals surface area contributed by atoms with E-state index in [4.69, 9.17) is 0 Å². The summed E-state index contributed by atoms with van der Waals surface area (Å²) in [5.41, 5.74) is 1.17. The summed E-state index contributed by atoms with van der Waals surface area (Å²) in [6.07, 6.45) is 4.44. The number of halogens is 1. The molecule has 5 nitrogen and oxygen atoms in total. The van der Waals surface area contributed by atoms with Crippen LogP contribution in [0.25, 0.3) is 0 Å². The molecule has 1 saturated carbocycles. The molecule has 0 amide bonds. The van der Waals surface area contributed by atoms with Crippen LogP contribution in [-0.4, -0.2) is 21.0 Å². The highest BCUT2D eigenvalue weighted by atomic mass is 19.1. The summed E-state index contributed by atoms with van der Waals surface area (Å²) in [4.78, 5) is 22.1. The molecule has 1 aliphatic rings. The van der Waals surface area contributed by atoms with Crippen molar-refractivity contribution in [3.8, 4) is 0 Å². The molecule has 0 spiro atoms. The van der Waals surface area contributed by atoms with Gasteiger partial charge in [-0.05, 0) is 25.8 Å². The first-order chi connectivity index (χ1) is 9.61. The molecule has 0 aromatic carbocycles. The number of hydrogen-bond acceptors (Lipinski definition) is 4. The van der Waals surface area contributed by atoms with Gasteiger partial charge < -0.3 is 10.3 Å². The molecular weight excluding hydrogens is 259 g/mol. The highest BCUT2D eigenvalue weighted by molar-refractivity contribution is 5.44. The quantitative estimate of drug-likeness (QED) is 0.897. The van der Waals surface area contributed by atoms with E-state index in [9.17, 15) is 9.18 Å². The fraction of sp³-hybridized carbons (Fsp3) is 0.357. The van der Waals surface area contributed by atoms with E-state index < -0.39 is 0 Å². The minimum Gasteiger partial charge on any atom is -0.380 e. The number of pyridine rings is 1. The van der Waals surface area contributed by atoms with Gasteiger partial charge in [0.15, 0.2) is 5.82 Å². The zero-order chi connectivity index (χ0) is 14.1. The molecule has 2 aromatic heterocycles. The number of anilines is 1. The molecule has 2 N–H and O–H groups in total. The lowest BCUT2D eigenvalue weighted by atomic mass is 9.78. The van der Waals surface area contributed by atoms with Crippen LogP contribution in [0.4, 0.5) is 10.1 Å². The van der Waals surface area contributed by atoms with E-state index in [0.717, 1.165) is 18.5 Å². The normalized spacial score (nSPS) is 21.3. The molecule has 2 heterocycles. The molecule has 0 bridgehead atoms. The molecule has 6 heteroatoms. The number of aromatic nitrogens is 3. The van der Waals surface area contributed by atoms with Crippen LogP contribution in [0.1, 0.15) is 30.3 Å². The maximum Gasteiger partial charge on any atom is 0.251 e. The molecule has 3 rings (SSSR count). The lowest BCUT2D eigenvalue weighted by Crippen LogP contribution is -2.35. The van der Waals surface area contributed by atoms with E-state index in [0.29, 0.717) is 11.5 Å². The Kier molecular flexibility index (Phi) is 3.22. The van der Waals surface area contributed by atoms with E-state index in [1.165, 1.54) is 6.20 Å². The topological polar surface area (TPSA) is 70.7 Å². The van der Waals surface area contributed by atoms with Crippen molar-refractivity contribution < 1.29 is 4.39 Å². The SMILES string of the molecule is Cc1nc(C2CC(Nc3ccncc3F)C2)cc(=O)[nH]1. The standard InChI is InChI=1S/C14H15FN4O/c1-8-17-13(6-14(20)18-8)9-4-10(5-9)19-12-2-3-16-7-11(12)15/h2-3,6-7,9-10H,4-5H2,1H3,(H,16,19)(H,17,18,20). The number of nitrogens with one attached hydrogen (secondary N) is 2. The Morgan fingerprint density at radius 2 is 2.25 bits per heavy atom. The summed E-state index contributed by atoms with van der Waals surface area (Å²) in [6, 6.07) is 3.37. The highest BCUT2D eigenvalue weighted by Crippen LogP contribution is 2.37. The fourth-order valence-electron chi connectivity index (χ4n) is 2.50. The number of nitrogens with zero attached hydrogens (tertiary/aromatic N) is 2. The van der Waals surface area contributed by atoms with Gasteiger partial charge in [0.1, 0.15) is 5.82 Å². The Morgan fingerprint density at radius 1 is 1.45 bits per heavy atom. The summed E-state index contributed by atoms with van der Waals surface area (Å²) in [7, 11) is 0. The van der Waals surface area contributed by atoms with Crippen molar-refractivity contribution in [3.63, 3.8) is 0 Å². The number of hydrogen-bond donors (Lipinski definition) is 2. The van der Waals surface area contributed by atoms with E-state index in [-0.39, 0.29) is 23.3 Å². The third-order valence-electron chi connectivity index (χ3n) is 3.57. The number of aryl methyl sites for hydroxylation is 1. The van der Waals surface area contributed by atoms with E-state index >= 15 is 0 Å². The first-order valence-corrected chi connectivity index (χ1v) is 6.56. The Balaban J connectivity index is 1.64. The van der Waals surface area contributed by atoms with E-state index in [1.807, 2.05) is 0 Å². The Bertz CT molecular complexity index is 679. The van der Waals surface area contributed by atoms with Crippen LogP contribution in [-0.2, 0) is 0 Å². The van der Waals surface area contributed by atoms with Crippen molar-refractivity contribution in [2.75, 3.05) is 5.32 Å². The van der Waals surface area contributed by atoms with Gasteiger partial charge >= 0.3 is 0 Å². The fourth-order valence-corrected chi connectivity index (χ4v) is 2.50. The van der Waals surface area contributed by atoms with E-state index in [1.54, 1.807) is 25.3 Å².